The first kappa shape index (κ1) is 21.9. The SMILES string of the molecule is C[C@H]1Oc2cc(cnc2N)-c2c(cnn2CC(F)(F)F)Cc2cn(C)nc2-c2ccc(F)cc21. The average molecular weight is 472 g/mol. The van der Waals surface area contributed by atoms with E-state index in [9.17, 15) is 17.6 Å². The smallest absolute Gasteiger partial charge is 0.408 e. The average Bonchev–Trinajstić information content (AvgIpc) is 3.30. The summed E-state index contributed by atoms with van der Waals surface area (Å²) in [5.74, 6) is -0.199. The van der Waals surface area contributed by atoms with E-state index in [1.165, 1.54) is 30.6 Å². The van der Waals surface area contributed by atoms with E-state index in [1.807, 2.05) is 0 Å². The number of nitrogens with zero attached hydrogens (tertiary/aromatic N) is 5. The molecule has 176 valence electrons. The quantitative estimate of drug-likeness (QED) is 0.407. The molecule has 1 aliphatic rings. The van der Waals surface area contributed by atoms with Crippen molar-refractivity contribution in [3.63, 3.8) is 0 Å². The molecule has 0 amide bonds. The minimum Gasteiger partial charge on any atom is -0.482 e. The van der Waals surface area contributed by atoms with Gasteiger partial charge in [0.15, 0.2) is 11.6 Å². The Hall–Kier alpha value is -3.89. The molecular formula is C23H20F4N6O. The summed E-state index contributed by atoms with van der Waals surface area (Å²) in [5, 5.41) is 8.59. The number of alkyl halides is 3. The zero-order valence-corrected chi connectivity index (χ0v) is 18.3. The molecule has 7 nitrogen and oxygen atoms in total. The fourth-order valence-corrected chi connectivity index (χ4v) is 4.29. The van der Waals surface area contributed by atoms with Crippen molar-refractivity contribution in [3.8, 4) is 28.3 Å². The van der Waals surface area contributed by atoms with Gasteiger partial charge in [-0.15, -0.1) is 0 Å². The van der Waals surface area contributed by atoms with Crippen LogP contribution < -0.4 is 10.5 Å². The van der Waals surface area contributed by atoms with Crippen LogP contribution in [0, 0.1) is 5.82 Å². The fraction of sp³-hybridized carbons (Fsp3) is 0.261. The van der Waals surface area contributed by atoms with Crippen molar-refractivity contribution < 1.29 is 22.3 Å². The summed E-state index contributed by atoms with van der Waals surface area (Å²) >= 11 is 0. The molecule has 0 fully saturated rings. The zero-order chi connectivity index (χ0) is 24.2. The van der Waals surface area contributed by atoms with Crippen molar-refractivity contribution in [1.29, 1.82) is 0 Å². The summed E-state index contributed by atoms with van der Waals surface area (Å²) in [6.45, 7) is 0.472. The summed E-state index contributed by atoms with van der Waals surface area (Å²) < 4.78 is 62.7. The topological polar surface area (TPSA) is 83.8 Å². The number of benzene rings is 1. The van der Waals surface area contributed by atoms with Gasteiger partial charge in [-0.3, -0.25) is 9.36 Å². The second-order valence-electron chi connectivity index (χ2n) is 8.24. The number of aryl methyl sites for hydroxylation is 1. The van der Waals surface area contributed by atoms with Gasteiger partial charge in [-0.25, -0.2) is 9.37 Å². The highest BCUT2D eigenvalue weighted by molar-refractivity contribution is 5.71. The van der Waals surface area contributed by atoms with Gasteiger partial charge in [-0.2, -0.15) is 23.4 Å². The van der Waals surface area contributed by atoms with Crippen LogP contribution in [-0.4, -0.2) is 30.7 Å². The molecular weight excluding hydrogens is 452 g/mol. The van der Waals surface area contributed by atoms with Gasteiger partial charge in [0, 0.05) is 53.7 Å². The van der Waals surface area contributed by atoms with Crippen LogP contribution in [0.1, 0.15) is 29.7 Å². The van der Waals surface area contributed by atoms with Crippen molar-refractivity contribution in [2.75, 3.05) is 5.73 Å². The van der Waals surface area contributed by atoms with E-state index in [1.54, 1.807) is 30.9 Å². The first-order chi connectivity index (χ1) is 16.1. The number of ether oxygens (including phenoxy) is 1. The summed E-state index contributed by atoms with van der Waals surface area (Å²) in [5.41, 5.74) is 9.73. The molecule has 1 atom stereocenters. The molecule has 0 saturated carbocycles. The molecule has 2 N–H and O–H groups in total. The Morgan fingerprint density at radius 2 is 1.97 bits per heavy atom. The Morgan fingerprint density at radius 3 is 2.74 bits per heavy atom. The second-order valence-corrected chi connectivity index (χ2v) is 8.24. The number of aromatic nitrogens is 5. The molecule has 0 aliphatic carbocycles. The summed E-state index contributed by atoms with van der Waals surface area (Å²) in [6.07, 6.45) is -0.280. The lowest BCUT2D eigenvalue weighted by molar-refractivity contribution is -0.142. The highest BCUT2D eigenvalue weighted by Crippen LogP contribution is 2.38. The Bertz CT molecular complexity index is 1390. The van der Waals surface area contributed by atoms with Crippen molar-refractivity contribution in [1.82, 2.24) is 24.5 Å². The lowest BCUT2D eigenvalue weighted by Gasteiger charge is -2.21. The van der Waals surface area contributed by atoms with E-state index in [-0.39, 0.29) is 23.7 Å². The standard InChI is InChI=1S/C23H20F4N6O/c1-12-18-7-16(24)3-4-17(18)20-15(10-32(2)31-20)5-13-9-30-33(11-23(25,26)27)21(13)14-6-19(34-12)22(28)29-8-14/h3-4,6-10,12H,5,11H2,1-2H3,(H2,28,29)/t12-/m1/s1. The van der Waals surface area contributed by atoms with E-state index in [0.29, 0.717) is 27.9 Å². The molecule has 1 aliphatic heterocycles. The molecule has 5 rings (SSSR count). The summed E-state index contributed by atoms with van der Waals surface area (Å²) in [7, 11) is 1.75. The van der Waals surface area contributed by atoms with Crippen molar-refractivity contribution >= 4 is 5.82 Å². The Kier molecular flexibility index (Phi) is 5.07. The monoisotopic (exact) mass is 472 g/mol. The molecule has 0 saturated heterocycles. The van der Waals surface area contributed by atoms with Crippen molar-refractivity contribution in [2.45, 2.75) is 32.2 Å². The number of nitrogen functional groups attached to an aromatic ring is 1. The highest BCUT2D eigenvalue weighted by atomic mass is 19.4. The van der Waals surface area contributed by atoms with E-state index >= 15 is 0 Å². The van der Waals surface area contributed by atoms with Crippen LogP contribution in [0.5, 0.6) is 5.75 Å². The lowest BCUT2D eigenvalue weighted by atomic mass is 9.95. The Balaban J connectivity index is 1.78. The van der Waals surface area contributed by atoms with Gasteiger partial charge in [0.2, 0.25) is 0 Å². The van der Waals surface area contributed by atoms with Gasteiger partial charge in [0.1, 0.15) is 18.5 Å². The Morgan fingerprint density at radius 1 is 1.18 bits per heavy atom. The van der Waals surface area contributed by atoms with Gasteiger partial charge in [0.05, 0.1) is 17.6 Å². The van der Waals surface area contributed by atoms with Gasteiger partial charge in [-0.05, 0) is 31.2 Å². The number of halogens is 4. The molecule has 4 aromatic rings. The van der Waals surface area contributed by atoms with Crippen LogP contribution in [0.3, 0.4) is 0 Å². The maximum Gasteiger partial charge on any atom is 0.408 e. The van der Waals surface area contributed by atoms with E-state index in [0.717, 1.165) is 10.2 Å². The number of rotatable bonds is 1. The van der Waals surface area contributed by atoms with Crippen LogP contribution in [0.4, 0.5) is 23.4 Å². The number of fused-ring (bicyclic) bond motifs is 7. The predicted octanol–water partition coefficient (Wildman–Crippen LogP) is 4.67. The first-order valence-corrected chi connectivity index (χ1v) is 10.5. The third kappa shape index (κ3) is 3.97. The van der Waals surface area contributed by atoms with Crippen LogP contribution in [-0.2, 0) is 20.0 Å². The van der Waals surface area contributed by atoms with Crippen LogP contribution in [0.25, 0.3) is 22.5 Å². The maximum atomic E-state index is 14.2. The molecule has 0 spiro atoms. The van der Waals surface area contributed by atoms with E-state index in [4.69, 9.17) is 10.5 Å². The first-order valence-electron chi connectivity index (χ1n) is 10.5. The molecule has 2 bridgehead atoms. The summed E-state index contributed by atoms with van der Waals surface area (Å²) in [6, 6.07) is 5.87. The highest BCUT2D eigenvalue weighted by Gasteiger charge is 2.31. The van der Waals surface area contributed by atoms with Crippen LogP contribution in [0.15, 0.2) is 42.9 Å². The molecule has 4 heterocycles. The van der Waals surface area contributed by atoms with Crippen molar-refractivity contribution in [3.05, 3.63) is 65.4 Å². The summed E-state index contributed by atoms with van der Waals surface area (Å²) in [4.78, 5) is 4.14. The molecule has 11 heteroatoms. The molecule has 0 unspecified atom stereocenters. The Labute approximate surface area is 191 Å². The van der Waals surface area contributed by atoms with Crippen molar-refractivity contribution in [2.24, 2.45) is 7.05 Å². The molecule has 1 aromatic carbocycles. The van der Waals surface area contributed by atoms with Crippen LogP contribution in [0.2, 0.25) is 0 Å². The molecule has 3 aromatic heterocycles. The minimum atomic E-state index is -4.47. The molecule has 0 radical (unpaired) electrons. The van der Waals surface area contributed by atoms with Gasteiger partial charge in [-0.1, -0.05) is 0 Å². The fourth-order valence-electron chi connectivity index (χ4n) is 4.29. The zero-order valence-electron chi connectivity index (χ0n) is 18.3. The van der Waals surface area contributed by atoms with E-state index < -0.39 is 24.6 Å². The largest absolute Gasteiger partial charge is 0.482 e. The number of hydrogen-bond donors (Lipinski definition) is 1. The second kappa shape index (κ2) is 7.86. The van der Waals surface area contributed by atoms with Gasteiger partial charge < -0.3 is 10.5 Å². The maximum absolute atomic E-state index is 14.2. The number of hydrogen-bond acceptors (Lipinski definition) is 5. The van der Waals surface area contributed by atoms with Gasteiger partial charge in [0.25, 0.3) is 0 Å². The third-order valence-corrected chi connectivity index (χ3v) is 5.70. The predicted molar refractivity (Wildman–Crippen MR) is 116 cm³/mol. The molecule has 34 heavy (non-hydrogen) atoms. The lowest BCUT2D eigenvalue weighted by Crippen LogP contribution is -2.19. The normalized spacial score (nSPS) is 15.4. The third-order valence-electron chi connectivity index (χ3n) is 5.70. The van der Waals surface area contributed by atoms with Crippen LogP contribution >= 0.6 is 0 Å². The van der Waals surface area contributed by atoms with Gasteiger partial charge >= 0.3 is 6.18 Å². The number of pyridine rings is 1. The van der Waals surface area contributed by atoms with E-state index in [2.05, 4.69) is 15.2 Å². The number of nitrogens with two attached hydrogens (primary N) is 1. The minimum absolute atomic E-state index is 0.0626. The number of anilines is 1.